The lowest BCUT2D eigenvalue weighted by molar-refractivity contribution is 0.0483. The Morgan fingerprint density at radius 2 is 1.59 bits per heavy atom. The van der Waals surface area contributed by atoms with Gasteiger partial charge in [0.1, 0.15) is 5.75 Å². The number of ether oxygens (including phenoxy) is 1. The van der Waals surface area contributed by atoms with Crippen molar-refractivity contribution in [3.05, 3.63) is 29.8 Å². The van der Waals surface area contributed by atoms with Crippen LogP contribution in [-0.4, -0.2) is 5.97 Å². The Morgan fingerprint density at radius 1 is 1.07 bits per heavy atom. The third kappa shape index (κ3) is 4.30. The van der Waals surface area contributed by atoms with Gasteiger partial charge in [0.25, 0.3) is 5.97 Å². The Morgan fingerprint density at radius 3 is 1.97 bits per heavy atom. The fraction of sp³-hybridized carbons (Fsp3) is 0.708. The van der Waals surface area contributed by atoms with Crippen molar-refractivity contribution in [2.75, 3.05) is 0 Å². The highest BCUT2D eigenvalue weighted by molar-refractivity contribution is 5.31. The summed E-state index contributed by atoms with van der Waals surface area (Å²) in [5, 5.41) is 10.1. The summed E-state index contributed by atoms with van der Waals surface area (Å²) < 4.78 is 5.32. The van der Waals surface area contributed by atoms with Crippen molar-refractivity contribution in [2.45, 2.75) is 80.1 Å². The molecule has 0 radical (unpaired) electrons. The Bertz CT molecular complexity index is 770. The molecule has 1 fully saturated rings. The molecular formula is C24H40N4O. The van der Waals surface area contributed by atoms with Crippen LogP contribution in [0.3, 0.4) is 0 Å². The predicted octanol–water partition coefficient (Wildman–Crippen LogP) is 4.67. The van der Waals surface area contributed by atoms with Crippen LogP contribution in [0.1, 0.15) is 79.7 Å². The topological polar surface area (TPSA) is 111 Å². The monoisotopic (exact) mass is 400 g/mol. The maximum Gasteiger partial charge on any atom is 0.271 e. The van der Waals surface area contributed by atoms with Gasteiger partial charge in [0.15, 0.2) is 0 Å². The molecule has 0 aromatic heterocycles. The summed E-state index contributed by atoms with van der Waals surface area (Å²) in [5.41, 5.74) is 17.6. The van der Waals surface area contributed by atoms with Crippen molar-refractivity contribution >= 4 is 0 Å². The van der Waals surface area contributed by atoms with Gasteiger partial charge in [-0.2, -0.15) is 5.26 Å². The number of rotatable bonds is 8. The molecule has 0 spiro atoms. The van der Waals surface area contributed by atoms with Crippen LogP contribution in [0.4, 0.5) is 0 Å². The van der Waals surface area contributed by atoms with E-state index >= 15 is 0 Å². The summed E-state index contributed by atoms with van der Waals surface area (Å²) in [6.07, 6.45) is 1.90. The lowest BCUT2D eigenvalue weighted by Crippen LogP contribution is -2.62. The van der Waals surface area contributed by atoms with Crippen LogP contribution >= 0.6 is 0 Å². The second kappa shape index (κ2) is 7.27. The van der Waals surface area contributed by atoms with E-state index in [-0.39, 0.29) is 27.6 Å². The van der Waals surface area contributed by atoms with E-state index in [0.717, 1.165) is 12.8 Å². The summed E-state index contributed by atoms with van der Waals surface area (Å²) in [5.74, 6) is -0.358. The van der Waals surface area contributed by atoms with Crippen LogP contribution in [0.5, 0.6) is 5.75 Å². The molecule has 1 aromatic carbocycles. The minimum atomic E-state index is -1.69. The zero-order valence-electron chi connectivity index (χ0n) is 19.5. The van der Waals surface area contributed by atoms with Crippen LogP contribution < -0.4 is 21.9 Å². The van der Waals surface area contributed by atoms with E-state index in [9.17, 15) is 5.26 Å². The van der Waals surface area contributed by atoms with Gasteiger partial charge in [-0.3, -0.25) is 17.2 Å². The minimum absolute atomic E-state index is 0.0229. The molecule has 3 unspecified atom stereocenters. The summed E-state index contributed by atoms with van der Waals surface area (Å²) in [7, 11) is 0. The van der Waals surface area contributed by atoms with Gasteiger partial charge in [-0.25, -0.2) is 0 Å². The van der Waals surface area contributed by atoms with Crippen LogP contribution in [0.15, 0.2) is 24.3 Å². The van der Waals surface area contributed by atoms with Crippen LogP contribution in [0.2, 0.25) is 0 Å². The van der Waals surface area contributed by atoms with E-state index in [0.29, 0.717) is 11.7 Å². The first-order chi connectivity index (χ1) is 13.0. The molecule has 3 atom stereocenters. The van der Waals surface area contributed by atoms with Crippen molar-refractivity contribution < 1.29 is 4.74 Å². The first-order valence-corrected chi connectivity index (χ1v) is 10.6. The Balaban J connectivity index is 2.23. The smallest absolute Gasteiger partial charge is 0.271 e. The van der Waals surface area contributed by atoms with E-state index < -0.39 is 5.97 Å². The van der Waals surface area contributed by atoms with Crippen molar-refractivity contribution in [3.8, 4) is 11.8 Å². The van der Waals surface area contributed by atoms with E-state index in [1.54, 1.807) is 0 Å². The van der Waals surface area contributed by atoms with Crippen molar-refractivity contribution in [1.29, 1.82) is 5.26 Å². The number of benzene rings is 1. The third-order valence-corrected chi connectivity index (χ3v) is 8.37. The average molecular weight is 401 g/mol. The van der Waals surface area contributed by atoms with Crippen LogP contribution in [0.25, 0.3) is 0 Å². The highest BCUT2D eigenvalue weighted by atomic mass is 16.5. The number of hydrogen-bond donors (Lipinski definition) is 3. The van der Waals surface area contributed by atoms with Gasteiger partial charge in [-0.05, 0) is 58.6 Å². The minimum Gasteiger partial charge on any atom is -0.447 e. The Hall–Kier alpha value is -1.61. The van der Waals surface area contributed by atoms with Crippen LogP contribution in [0, 0.1) is 38.9 Å². The molecule has 29 heavy (non-hydrogen) atoms. The van der Waals surface area contributed by atoms with Gasteiger partial charge in [-0.15, -0.1) is 0 Å². The number of hydrogen-bond acceptors (Lipinski definition) is 5. The van der Waals surface area contributed by atoms with E-state index in [2.05, 4.69) is 61.5 Å². The second-order valence-electron chi connectivity index (χ2n) is 11.0. The summed E-state index contributed by atoms with van der Waals surface area (Å²) in [4.78, 5) is 0. The van der Waals surface area contributed by atoms with Crippen LogP contribution in [-0.2, 0) is 0 Å². The first-order valence-electron chi connectivity index (χ1n) is 10.6. The summed E-state index contributed by atoms with van der Waals surface area (Å²) in [6, 6.07) is 10.5. The van der Waals surface area contributed by atoms with E-state index in [1.807, 2.05) is 24.3 Å². The zero-order valence-corrected chi connectivity index (χ0v) is 19.5. The number of nitrogens with zero attached hydrogens (tertiary/aromatic N) is 1. The molecule has 0 saturated heterocycles. The van der Waals surface area contributed by atoms with Crippen molar-refractivity contribution in [3.63, 3.8) is 0 Å². The highest BCUT2D eigenvalue weighted by Crippen LogP contribution is 2.72. The quantitative estimate of drug-likeness (QED) is 0.549. The van der Waals surface area contributed by atoms with Gasteiger partial charge in [0.2, 0.25) is 0 Å². The largest absolute Gasteiger partial charge is 0.447 e. The fourth-order valence-corrected chi connectivity index (χ4v) is 4.82. The Kier molecular flexibility index (Phi) is 5.93. The van der Waals surface area contributed by atoms with Gasteiger partial charge in [0, 0.05) is 0 Å². The molecule has 0 aliphatic heterocycles. The Labute approximate surface area is 177 Å². The number of nitrogens with two attached hydrogens (primary N) is 3. The lowest BCUT2D eigenvalue weighted by atomic mass is 9.56. The maximum absolute atomic E-state index is 10.1. The van der Waals surface area contributed by atoms with Gasteiger partial charge in [-0.1, -0.05) is 67.5 Å². The molecule has 162 valence electrons. The van der Waals surface area contributed by atoms with Crippen molar-refractivity contribution in [2.24, 2.45) is 44.8 Å². The molecule has 0 heterocycles. The normalized spacial score (nSPS) is 26.2. The van der Waals surface area contributed by atoms with Crippen molar-refractivity contribution in [1.82, 2.24) is 0 Å². The van der Waals surface area contributed by atoms with Gasteiger partial charge in [0.05, 0.1) is 11.5 Å². The molecule has 1 aromatic rings. The molecular weight excluding hydrogens is 360 g/mol. The van der Waals surface area contributed by atoms with E-state index in [4.69, 9.17) is 21.9 Å². The molecule has 1 saturated carbocycles. The molecule has 1 aliphatic rings. The second-order valence-corrected chi connectivity index (χ2v) is 11.0. The summed E-state index contributed by atoms with van der Waals surface area (Å²) in [6.45, 7) is 18.3. The zero-order chi connectivity index (χ0) is 22.5. The first kappa shape index (κ1) is 23.7. The molecule has 5 nitrogen and oxygen atoms in total. The SMILES string of the molecule is CC(c1ccc(OC(N)(N)N)cc1)C(C)(C)C(C)(C)CC1(C#N)CC1(C)C(C)C. The molecule has 0 amide bonds. The number of nitriles is 1. The summed E-state index contributed by atoms with van der Waals surface area (Å²) >= 11 is 0. The predicted molar refractivity (Wildman–Crippen MR) is 119 cm³/mol. The average Bonchev–Trinajstić information content (AvgIpc) is 3.18. The highest BCUT2D eigenvalue weighted by Gasteiger charge is 2.68. The maximum atomic E-state index is 10.1. The van der Waals surface area contributed by atoms with Gasteiger partial charge < -0.3 is 4.74 Å². The standard InChI is InChI=1S/C24H40N4O/c1-16(2)22(8)14-23(22,15-25)13-20(4,5)21(6,7)17(3)18-9-11-19(12-10-18)29-24(26,27)28/h9-12,16-17H,13-14,26-28H2,1-8H3. The molecule has 6 N–H and O–H groups in total. The van der Waals surface area contributed by atoms with Gasteiger partial charge >= 0.3 is 0 Å². The molecule has 5 heteroatoms. The molecule has 2 rings (SSSR count). The molecule has 0 bridgehead atoms. The molecule has 1 aliphatic carbocycles. The van der Waals surface area contributed by atoms with E-state index in [1.165, 1.54) is 5.56 Å². The lowest BCUT2D eigenvalue weighted by Gasteiger charge is -2.48. The fourth-order valence-electron chi connectivity index (χ4n) is 4.82. The third-order valence-electron chi connectivity index (χ3n) is 8.37.